The summed E-state index contributed by atoms with van der Waals surface area (Å²) in [4.78, 5) is 98.1. The van der Waals surface area contributed by atoms with Crippen molar-refractivity contribution in [3.63, 3.8) is 0 Å². The monoisotopic (exact) mass is 1120 g/mol. The van der Waals surface area contributed by atoms with Crippen molar-refractivity contribution in [2.24, 2.45) is 17.4 Å². The third-order valence-corrected chi connectivity index (χ3v) is 13.6. The molecule has 0 heterocycles. The van der Waals surface area contributed by atoms with Crippen LogP contribution in [0.15, 0.2) is 72.8 Å². The number of aromatic hydroxyl groups is 2. The summed E-state index contributed by atoms with van der Waals surface area (Å²) in [6.45, 7) is 6.81. The molecule has 24 nitrogen and oxygen atoms in total. The number of benzene rings is 3. The highest BCUT2D eigenvalue weighted by Crippen LogP contribution is 2.20. The highest BCUT2D eigenvalue weighted by molar-refractivity contribution is 8.22. The summed E-state index contributed by atoms with van der Waals surface area (Å²) in [5.41, 5.74) is 13.5. The molecule has 0 fully saturated rings. The predicted octanol–water partition coefficient (Wildman–Crippen LogP) is -0.706. The molecule has 0 aliphatic carbocycles. The standard InChI is InChI=1S/C52H76N12O12S2/c1-5-64(6-2)52(77)78-29-33-10-16-34(17-11-33)57-45(71)38(23-30(3)4)58-48(74)42(27-66)62-47(73)40(25-32-14-20-36(69)21-15-32)59-46(72)39(24-31-12-18-35(68)19-13-31)60-49(75)43(28-67)63-50(76)41(26-65)61-44(70)37(53)9-7-8-22-56-51(54)55/h10-21,30,37-43,65-69H,5-9,22-29,53H2,1-4H3,(H,57,71)(H,58,74)(H,59,72)(H,60,75)(H,61,70)(H,62,73)(H,63,76)(H4,54,55,56)/t37-,38-,39-,40-,41-,42-,43-/m1/s1. The smallest absolute Gasteiger partial charge is 0.246 e. The van der Waals surface area contributed by atoms with Crippen LogP contribution in [0.3, 0.4) is 0 Å². The molecule has 0 aliphatic rings. The quantitative estimate of drug-likeness (QED) is 0.0159. The van der Waals surface area contributed by atoms with Crippen LogP contribution in [-0.2, 0) is 52.2 Å². The summed E-state index contributed by atoms with van der Waals surface area (Å²) in [6, 6.07) is 7.96. The molecule has 0 unspecified atom stereocenters. The van der Waals surface area contributed by atoms with Gasteiger partial charge < -0.3 is 84.4 Å². The van der Waals surface area contributed by atoms with Crippen LogP contribution in [0, 0.1) is 11.3 Å². The minimum absolute atomic E-state index is 0.0967. The molecule has 3 aromatic carbocycles. The molecule has 0 saturated heterocycles. The molecule has 0 saturated carbocycles. The Balaban J connectivity index is 1.81. The Kier molecular flexibility index (Phi) is 28.4. The molecule has 0 aliphatic heterocycles. The number of anilines is 1. The largest absolute Gasteiger partial charge is 0.508 e. The second kappa shape index (κ2) is 33.9. The predicted molar refractivity (Wildman–Crippen MR) is 300 cm³/mol. The van der Waals surface area contributed by atoms with Crippen molar-refractivity contribution in [2.45, 2.75) is 114 Å². The van der Waals surface area contributed by atoms with Gasteiger partial charge in [-0.1, -0.05) is 74.2 Å². The molecule has 0 spiro atoms. The van der Waals surface area contributed by atoms with Gasteiger partial charge in [0.25, 0.3) is 0 Å². The zero-order valence-electron chi connectivity index (χ0n) is 44.3. The van der Waals surface area contributed by atoms with Crippen molar-refractivity contribution in [3.8, 4) is 11.5 Å². The van der Waals surface area contributed by atoms with Gasteiger partial charge in [-0.15, -0.1) is 0 Å². The number of aliphatic hydroxyl groups excluding tert-OH is 3. The molecule has 78 heavy (non-hydrogen) atoms. The second-order valence-corrected chi connectivity index (χ2v) is 20.3. The summed E-state index contributed by atoms with van der Waals surface area (Å²) in [6.07, 6.45) is 0.771. The van der Waals surface area contributed by atoms with Gasteiger partial charge in [-0.25, -0.2) is 0 Å². The van der Waals surface area contributed by atoms with Crippen LogP contribution >= 0.6 is 24.0 Å². The number of rotatable bonds is 32. The van der Waals surface area contributed by atoms with Crippen molar-refractivity contribution in [2.75, 3.05) is 44.8 Å². The molecule has 0 aromatic heterocycles. The van der Waals surface area contributed by atoms with E-state index in [9.17, 15) is 59.1 Å². The first-order chi connectivity index (χ1) is 37.1. The SMILES string of the molecule is CCN(CC)C(=S)SCc1ccc(NC(=O)[C@@H](CC(C)C)NC(=O)[C@@H](CO)NC(=O)[C@@H](Cc2ccc(O)cc2)NC(=O)[C@@H](Cc2ccc(O)cc2)NC(=O)[C@@H](CO)NC(=O)[C@@H](CO)NC(=O)[C@H](N)CCCCNC(=N)N)cc1. The van der Waals surface area contributed by atoms with Crippen LogP contribution < -0.4 is 54.0 Å². The Hall–Kier alpha value is -7.10. The van der Waals surface area contributed by atoms with Crippen molar-refractivity contribution < 1.29 is 59.1 Å². The molecule has 3 aromatic rings. The fraction of sp³-hybridized carbons (Fsp3) is 0.481. The van der Waals surface area contributed by atoms with Gasteiger partial charge in [0.2, 0.25) is 41.4 Å². The van der Waals surface area contributed by atoms with E-state index in [1.807, 2.05) is 39.8 Å². The molecule has 0 bridgehead atoms. The van der Waals surface area contributed by atoms with Gasteiger partial charge in [0.15, 0.2) is 5.96 Å². The van der Waals surface area contributed by atoms with Crippen LogP contribution in [0.5, 0.6) is 11.5 Å². The van der Waals surface area contributed by atoms with Crippen LogP contribution in [0.4, 0.5) is 5.69 Å². The highest BCUT2D eigenvalue weighted by atomic mass is 32.2. The maximum absolute atomic E-state index is 14.4. The zero-order chi connectivity index (χ0) is 57.9. The molecule has 0 radical (unpaired) electrons. The van der Waals surface area contributed by atoms with Crippen molar-refractivity contribution in [1.29, 1.82) is 5.41 Å². The number of guanidine groups is 1. The summed E-state index contributed by atoms with van der Waals surface area (Å²) in [5.74, 6) is -6.36. The van der Waals surface area contributed by atoms with Crippen LogP contribution in [0.1, 0.15) is 70.1 Å². The Labute approximate surface area is 463 Å². The normalized spacial score (nSPS) is 13.7. The number of nitrogens with zero attached hydrogens (tertiary/aromatic N) is 1. The lowest BCUT2D eigenvalue weighted by atomic mass is 10.0. The Morgan fingerprint density at radius 1 is 0.590 bits per heavy atom. The number of hydrogen-bond donors (Lipinski definition) is 16. The summed E-state index contributed by atoms with van der Waals surface area (Å²) >= 11 is 7.07. The van der Waals surface area contributed by atoms with E-state index in [1.54, 1.807) is 12.1 Å². The van der Waals surface area contributed by atoms with Gasteiger partial charge in [-0.05, 0) is 98.5 Å². The van der Waals surface area contributed by atoms with E-state index >= 15 is 0 Å². The Morgan fingerprint density at radius 2 is 0.987 bits per heavy atom. The van der Waals surface area contributed by atoms with Crippen molar-refractivity contribution in [1.82, 2.24) is 42.1 Å². The Bertz CT molecular complexity index is 2450. The number of nitrogens with two attached hydrogens (primary N) is 2. The van der Waals surface area contributed by atoms with E-state index in [0.29, 0.717) is 42.0 Å². The number of amides is 7. The summed E-state index contributed by atoms with van der Waals surface area (Å²) in [5, 5.41) is 78.0. The summed E-state index contributed by atoms with van der Waals surface area (Å²) in [7, 11) is 0. The molecule has 428 valence electrons. The van der Waals surface area contributed by atoms with Gasteiger partial charge in [-0.3, -0.25) is 39.0 Å². The van der Waals surface area contributed by atoms with Gasteiger partial charge in [0.05, 0.1) is 25.9 Å². The first-order valence-electron chi connectivity index (χ1n) is 25.5. The third-order valence-electron chi connectivity index (χ3n) is 12.0. The number of phenolic OH excluding ortho intramolecular Hbond substituents is 2. The van der Waals surface area contributed by atoms with E-state index in [4.69, 9.17) is 29.1 Å². The number of thioether (sulfide) groups is 1. The maximum Gasteiger partial charge on any atom is 0.246 e. The molecular formula is C52H76N12O12S2. The van der Waals surface area contributed by atoms with Crippen LogP contribution in [0.2, 0.25) is 0 Å². The zero-order valence-corrected chi connectivity index (χ0v) is 45.9. The average molecular weight is 1130 g/mol. The number of carbonyl (C=O) groups is 7. The van der Waals surface area contributed by atoms with Gasteiger partial charge in [-0.2, -0.15) is 0 Å². The summed E-state index contributed by atoms with van der Waals surface area (Å²) < 4.78 is 0.781. The van der Waals surface area contributed by atoms with Crippen molar-refractivity contribution >= 4 is 81.3 Å². The van der Waals surface area contributed by atoms with Gasteiger partial charge in [0, 0.05) is 43.9 Å². The van der Waals surface area contributed by atoms with Gasteiger partial charge in [0.1, 0.15) is 52.1 Å². The van der Waals surface area contributed by atoms with Crippen LogP contribution in [0.25, 0.3) is 0 Å². The topological polar surface area (TPSA) is 396 Å². The van der Waals surface area contributed by atoms with E-state index in [-0.39, 0.29) is 49.1 Å². The lowest BCUT2D eigenvalue weighted by Crippen LogP contribution is -2.61. The van der Waals surface area contributed by atoms with E-state index in [2.05, 4.69) is 47.4 Å². The number of carbonyl (C=O) groups excluding carboxylic acids is 7. The number of phenols is 2. The van der Waals surface area contributed by atoms with Crippen molar-refractivity contribution in [3.05, 3.63) is 89.5 Å². The number of hydrogen-bond acceptors (Lipinski definition) is 16. The molecule has 18 N–H and O–H groups in total. The fourth-order valence-electron chi connectivity index (χ4n) is 7.55. The third kappa shape index (κ3) is 22.9. The molecule has 3 rings (SSSR count). The number of thiocarbonyl (C=S) groups is 1. The number of nitrogens with one attached hydrogen (secondary N) is 9. The molecule has 7 amide bonds. The van der Waals surface area contributed by atoms with E-state index in [0.717, 1.165) is 23.0 Å². The average Bonchev–Trinajstić information content (AvgIpc) is 3.40. The van der Waals surface area contributed by atoms with E-state index < -0.39 is 103 Å². The van der Waals surface area contributed by atoms with Crippen LogP contribution in [-0.4, -0.2) is 164 Å². The Morgan fingerprint density at radius 3 is 1.40 bits per heavy atom. The first-order valence-corrected chi connectivity index (χ1v) is 26.9. The van der Waals surface area contributed by atoms with Gasteiger partial charge >= 0.3 is 0 Å². The minimum Gasteiger partial charge on any atom is -0.508 e. The second-order valence-electron chi connectivity index (χ2n) is 18.6. The number of unbranched alkanes of at least 4 members (excludes halogenated alkanes) is 1. The lowest BCUT2D eigenvalue weighted by Gasteiger charge is -2.27. The molecular weight excluding hydrogens is 1050 g/mol. The molecule has 7 atom stereocenters. The minimum atomic E-state index is -1.76. The van der Waals surface area contributed by atoms with E-state index in [1.165, 1.54) is 60.3 Å². The molecule has 26 heteroatoms. The highest BCUT2D eigenvalue weighted by Gasteiger charge is 2.34. The lowest BCUT2D eigenvalue weighted by molar-refractivity contribution is -0.136. The number of aliphatic hydroxyl groups is 3. The maximum atomic E-state index is 14.4. The fourth-order valence-corrected chi connectivity index (χ4v) is 8.91. The first kappa shape index (κ1) is 65.2.